The lowest BCUT2D eigenvalue weighted by Gasteiger charge is -2.32. The third kappa shape index (κ3) is 6.21. The molecule has 2 amide bonds. The number of pyridine rings is 1. The topological polar surface area (TPSA) is 80.8 Å². The highest BCUT2D eigenvalue weighted by molar-refractivity contribution is 6.30. The molecule has 0 bridgehead atoms. The quantitative estimate of drug-likeness (QED) is 0.698. The average molecular weight is 444 g/mol. The van der Waals surface area contributed by atoms with Gasteiger partial charge in [-0.3, -0.25) is 9.59 Å². The number of hydrogen-bond acceptors (Lipinski definition) is 5. The molecule has 1 N–H and O–H groups in total. The average Bonchev–Trinajstić information content (AvgIpc) is 2.79. The first-order valence-corrected chi connectivity index (χ1v) is 10.5. The van der Waals surface area contributed by atoms with Gasteiger partial charge in [0.15, 0.2) is 18.1 Å². The van der Waals surface area contributed by atoms with Gasteiger partial charge in [0.1, 0.15) is 5.82 Å². The molecule has 1 unspecified atom stereocenters. The number of benzene rings is 1. The molecule has 1 saturated heterocycles. The van der Waals surface area contributed by atoms with Crippen molar-refractivity contribution in [2.45, 2.75) is 19.8 Å². The van der Waals surface area contributed by atoms with Crippen LogP contribution in [-0.4, -0.2) is 48.5 Å². The Hall–Kier alpha value is -3.06. The Balaban J connectivity index is 1.56. The first-order valence-electron chi connectivity index (χ1n) is 10.1. The molecule has 1 aromatic carbocycles. The molecule has 8 heteroatoms. The number of rotatable bonds is 7. The SMILES string of the molecule is C/C=C/c1ccc(OCC(=O)N2CCCC(C(=O)Nc3ccc(Cl)cn3)C2)c(OC)c1. The number of amides is 2. The summed E-state index contributed by atoms with van der Waals surface area (Å²) in [7, 11) is 1.56. The van der Waals surface area contributed by atoms with Crippen LogP contribution in [0, 0.1) is 5.92 Å². The standard InChI is InChI=1S/C23H26ClN3O4/c1-3-5-16-7-9-19(20(12-16)30-2)31-15-22(28)27-11-4-6-17(14-27)23(29)26-21-10-8-18(24)13-25-21/h3,5,7-10,12-13,17H,4,6,11,14-15H2,1-2H3,(H,25,26,29)/b5-3+. The molecule has 0 radical (unpaired) electrons. The van der Waals surface area contributed by atoms with E-state index in [1.54, 1.807) is 30.2 Å². The van der Waals surface area contributed by atoms with Gasteiger partial charge in [-0.2, -0.15) is 0 Å². The maximum Gasteiger partial charge on any atom is 0.260 e. The number of nitrogens with zero attached hydrogens (tertiary/aromatic N) is 2. The predicted molar refractivity (Wildman–Crippen MR) is 120 cm³/mol. The Kier molecular flexibility index (Phi) is 7.89. The molecule has 0 aliphatic carbocycles. The minimum absolute atomic E-state index is 0.119. The van der Waals surface area contributed by atoms with Gasteiger partial charge in [0, 0.05) is 19.3 Å². The second kappa shape index (κ2) is 10.8. The number of hydrogen-bond donors (Lipinski definition) is 1. The lowest BCUT2D eigenvalue weighted by molar-refractivity contribution is -0.136. The van der Waals surface area contributed by atoms with E-state index in [1.165, 1.54) is 6.20 Å². The van der Waals surface area contributed by atoms with Crippen molar-refractivity contribution in [3.8, 4) is 11.5 Å². The van der Waals surface area contributed by atoms with Gasteiger partial charge in [-0.25, -0.2) is 4.98 Å². The van der Waals surface area contributed by atoms with Crippen LogP contribution >= 0.6 is 11.6 Å². The molecule has 1 aromatic heterocycles. The van der Waals surface area contributed by atoms with Crippen molar-refractivity contribution in [1.82, 2.24) is 9.88 Å². The summed E-state index contributed by atoms with van der Waals surface area (Å²) in [5.74, 6) is 0.884. The Morgan fingerprint density at radius 2 is 2.13 bits per heavy atom. The normalized spacial score (nSPS) is 16.2. The smallest absolute Gasteiger partial charge is 0.260 e. The van der Waals surface area contributed by atoms with Crippen LogP contribution in [0.1, 0.15) is 25.3 Å². The largest absolute Gasteiger partial charge is 0.493 e. The summed E-state index contributed by atoms with van der Waals surface area (Å²) in [6.45, 7) is 2.77. The van der Waals surface area contributed by atoms with Gasteiger partial charge in [-0.05, 0) is 49.6 Å². The molecule has 1 aliphatic heterocycles. The lowest BCUT2D eigenvalue weighted by Crippen LogP contribution is -2.45. The summed E-state index contributed by atoms with van der Waals surface area (Å²) in [4.78, 5) is 31.0. The summed E-state index contributed by atoms with van der Waals surface area (Å²) in [5, 5.41) is 3.29. The predicted octanol–water partition coefficient (Wildman–Crippen LogP) is 4.03. The second-order valence-electron chi connectivity index (χ2n) is 7.23. The minimum atomic E-state index is -0.301. The van der Waals surface area contributed by atoms with E-state index in [9.17, 15) is 9.59 Å². The first-order chi connectivity index (χ1) is 15.0. The Labute approximate surface area is 187 Å². The second-order valence-corrected chi connectivity index (χ2v) is 7.67. The molecule has 1 atom stereocenters. The molecule has 1 aliphatic rings. The molecule has 2 aromatic rings. The van der Waals surface area contributed by atoms with Crippen LogP contribution in [0.15, 0.2) is 42.6 Å². The number of allylic oxidation sites excluding steroid dienone is 1. The van der Waals surface area contributed by atoms with Crippen LogP contribution in [0.3, 0.4) is 0 Å². The van der Waals surface area contributed by atoms with Crippen LogP contribution in [0.2, 0.25) is 5.02 Å². The number of halogens is 1. The number of ether oxygens (including phenoxy) is 2. The van der Waals surface area contributed by atoms with Crippen molar-refractivity contribution in [2.75, 3.05) is 32.1 Å². The molecule has 0 saturated carbocycles. The minimum Gasteiger partial charge on any atom is -0.493 e. The highest BCUT2D eigenvalue weighted by Crippen LogP contribution is 2.29. The zero-order valence-electron chi connectivity index (χ0n) is 17.6. The van der Waals surface area contributed by atoms with Gasteiger partial charge in [-0.1, -0.05) is 29.8 Å². The number of piperidine rings is 1. The van der Waals surface area contributed by atoms with Crippen molar-refractivity contribution < 1.29 is 19.1 Å². The van der Waals surface area contributed by atoms with Crippen molar-refractivity contribution in [1.29, 1.82) is 0 Å². The molecule has 164 valence electrons. The highest BCUT2D eigenvalue weighted by atomic mass is 35.5. The van der Waals surface area contributed by atoms with Gasteiger partial charge in [0.25, 0.3) is 5.91 Å². The molecule has 3 rings (SSSR count). The van der Waals surface area contributed by atoms with E-state index in [1.807, 2.05) is 31.2 Å². The van der Waals surface area contributed by atoms with E-state index in [0.29, 0.717) is 41.8 Å². The van der Waals surface area contributed by atoms with Gasteiger partial charge < -0.3 is 19.7 Å². The molecule has 31 heavy (non-hydrogen) atoms. The fourth-order valence-corrected chi connectivity index (χ4v) is 3.54. The van der Waals surface area contributed by atoms with Crippen molar-refractivity contribution >= 4 is 35.3 Å². The molecular weight excluding hydrogens is 418 g/mol. The summed E-state index contributed by atoms with van der Waals surface area (Å²) in [6.07, 6.45) is 6.83. The van der Waals surface area contributed by atoms with E-state index in [-0.39, 0.29) is 24.3 Å². The number of aromatic nitrogens is 1. The number of carbonyl (C=O) groups is 2. The first kappa shape index (κ1) is 22.6. The molecule has 2 heterocycles. The van der Waals surface area contributed by atoms with Crippen molar-refractivity contribution in [3.63, 3.8) is 0 Å². The number of carbonyl (C=O) groups excluding carboxylic acids is 2. The lowest BCUT2D eigenvalue weighted by atomic mass is 9.97. The van der Waals surface area contributed by atoms with E-state index in [2.05, 4.69) is 10.3 Å². The Bertz CT molecular complexity index is 946. The van der Waals surface area contributed by atoms with Crippen LogP contribution < -0.4 is 14.8 Å². The van der Waals surface area contributed by atoms with Gasteiger partial charge in [0.2, 0.25) is 5.91 Å². The van der Waals surface area contributed by atoms with Crippen LogP contribution in [0.4, 0.5) is 5.82 Å². The Morgan fingerprint density at radius 1 is 1.29 bits per heavy atom. The number of likely N-dealkylation sites (tertiary alicyclic amines) is 1. The maximum absolute atomic E-state index is 12.7. The highest BCUT2D eigenvalue weighted by Gasteiger charge is 2.29. The molecular formula is C23H26ClN3O4. The summed E-state index contributed by atoms with van der Waals surface area (Å²) < 4.78 is 11.1. The summed E-state index contributed by atoms with van der Waals surface area (Å²) in [6, 6.07) is 8.85. The van der Waals surface area contributed by atoms with Crippen LogP contribution in [0.5, 0.6) is 11.5 Å². The zero-order chi connectivity index (χ0) is 22.2. The van der Waals surface area contributed by atoms with Crippen LogP contribution in [0.25, 0.3) is 6.08 Å². The van der Waals surface area contributed by atoms with E-state index >= 15 is 0 Å². The summed E-state index contributed by atoms with van der Waals surface area (Å²) in [5.41, 5.74) is 0.984. The van der Waals surface area contributed by atoms with Crippen LogP contribution in [-0.2, 0) is 9.59 Å². The van der Waals surface area contributed by atoms with E-state index in [4.69, 9.17) is 21.1 Å². The van der Waals surface area contributed by atoms with Gasteiger partial charge >= 0.3 is 0 Å². The maximum atomic E-state index is 12.7. The Morgan fingerprint density at radius 3 is 2.84 bits per heavy atom. The van der Waals surface area contributed by atoms with Gasteiger partial charge in [-0.15, -0.1) is 0 Å². The third-order valence-corrected chi connectivity index (χ3v) is 5.25. The third-order valence-electron chi connectivity index (χ3n) is 5.02. The zero-order valence-corrected chi connectivity index (χ0v) is 18.4. The fraction of sp³-hybridized carbons (Fsp3) is 0.348. The summed E-state index contributed by atoms with van der Waals surface area (Å²) >= 11 is 5.82. The van der Waals surface area contributed by atoms with Crippen molar-refractivity contribution in [2.24, 2.45) is 5.92 Å². The molecule has 0 spiro atoms. The molecule has 1 fully saturated rings. The number of nitrogens with one attached hydrogen (secondary N) is 1. The fourth-order valence-electron chi connectivity index (χ4n) is 3.43. The number of anilines is 1. The van der Waals surface area contributed by atoms with Crippen molar-refractivity contribution in [3.05, 3.63) is 53.2 Å². The monoisotopic (exact) mass is 443 g/mol. The number of methoxy groups -OCH3 is 1. The van der Waals surface area contributed by atoms with E-state index < -0.39 is 0 Å². The molecule has 7 nitrogen and oxygen atoms in total. The van der Waals surface area contributed by atoms with Gasteiger partial charge in [0.05, 0.1) is 18.1 Å². The van der Waals surface area contributed by atoms with E-state index in [0.717, 1.165) is 12.0 Å².